The van der Waals surface area contributed by atoms with E-state index in [1.165, 1.54) is 55.8 Å². The van der Waals surface area contributed by atoms with E-state index in [0.29, 0.717) is 0 Å². The molecule has 0 aliphatic heterocycles. The number of aryl methyl sites for hydroxylation is 2. The third-order valence-electron chi connectivity index (χ3n) is 5.69. The number of fused-ring (bicyclic) bond motifs is 3. The zero-order valence-electron chi connectivity index (χ0n) is 21.0. The van der Waals surface area contributed by atoms with Crippen molar-refractivity contribution in [3.8, 4) is 0 Å². The molecule has 3 aromatic carbocycles. The van der Waals surface area contributed by atoms with Crippen LogP contribution in [0.4, 0.5) is 0 Å². The summed E-state index contributed by atoms with van der Waals surface area (Å²) in [5.74, 6) is 0. The second kappa shape index (κ2) is 12.4. The van der Waals surface area contributed by atoms with Crippen molar-refractivity contribution in [1.29, 1.82) is 0 Å². The Bertz CT molecular complexity index is 997. The Morgan fingerprint density at radius 2 is 1.61 bits per heavy atom. The summed E-state index contributed by atoms with van der Waals surface area (Å²) in [7, 11) is 0.00572. The number of hydrogen-bond acceptors (Lipinski definition) is 0. The summed E-state index contributed by atoms with van der Waals surface area (Å²) in [6.45, 7) is 20.3. The predicted molar refractivity (Wildman–Crippen MR) is 141 cm³/mol. The van der Waals surface area contributed by atoms with Gasteiger partial charge < -0.3 is 0 Å². The number of allylic oxidation sites excluding steroid dienone is 2. The maximum absolute atomic E-state index is 3.62. The van der Waals surface area contributed by atoms with E-state index in [-0.39, 0.29) is 25.8 Å². The zero-order valence-corrected chi connectivity index (χ0v) is 26.5. The smallest absolute Gasteiger partial charge is 0.0456 e. The summed E-state index contributed by atoms with van der Waals surface area (Å²) in [5, 5.41) is 2.77. The summed E-state index contributed by atoms with van der Waals surface area (Å²) < 4.78 is 0. The van der Waals surface area contributed by atoms with Gasteiger partial charge in [0.1, 0.15) is 0 Å². The maximum Gasteiger partial charge on any atom is 0.0456 e. The van der Waals surface area contributed by atoms with Crippen LogP contribution < -0.4 is 0 Å². The molecule has 31 heavy (non-hydrogen) atoms. The SMILES string of the molecule is C[Si](C)(C)CC1=[C-]Cc2ccc3ccccc3c21.C[Si]C.Cc1c[c-](C)c(C)c1C.[Hf]. The van der Waals surface area contributed by atoms with Crippen LogP contribution in [0.3, 0.4) is 0 Å². The molecule has 0 spiro atoms. The van der Waals surface area contributed by atoms with Crippen LogP contribution in [0.5, 0.6) is 0 Å². The first-order valence-electron chi connectivity index (χ1n) is 11.0. The normalized spacial score (nSPS) is 12.1. The molecule has 1 aliphatic rings. The average Bonchev–Trinajstić information content (AvgIpc) is 3.18. The van der Waals surface area contributed by atoms with E-state index in [4.69, 9.17) is 0 Å². The molecule has 0 N–H and O–H groups in total. The number of benzene rings is 2. The fraction of sp³-hybridized carbons (Fsp3) is 0.393. The molecule has 0 heterocycles. The van der Waals surface area contributed by atoms with Crippen molar-refractivity contribution < 1.29 is 25.8 Å². The van der Waals surface area contributed by atoms with Crippen molar-refractivity contribution in [3.63, 3.8) is 0 Å². The van der Waals surface area contributed by atoms with Gasteiger partial charge in [-0.25, -0.2) is 5.57 Å². The van der Waals surface area contributed by atoms with Crippen molar-refractivity contribution in [2.75, 3.05) is 0 Å². The molecule has 0 unspecified atom stereocenters. The van der Waals surface area contributed by atoms with E-state index in [2.05, 4.69) is 109 Å². The Morgan fingerprint density at radius 1 is 1.00 bits per heavy atom. The van der Waals surface area contributed by atoms with Gasteiger partial charge in [0.25, 0.3) is 0 Å². The van der Waals surface area contributed by atoms with E-state index in [1.807, 2.05) is 0 Å². The second-order valence-corrected chi connectivity index (χ2v) is 16.1. The largest absolute Gasteiger partial charge is 0.269 e. The Hall–Kier alpha value is -0.906. The second-order valence-electron chi connectivity index (χ2n) is 9.65. The minimum atomic E-state index is -1.08. The van der Waals surface area contributed by atoms with Gasteiger partial charge in [0, 0.05) is 43.4 Å². The molecule has 0 saturated heterocycles. The van der Waals surface area contributed by atoms with Crippen LogP contribution in [0, 0.1) is 33.8 Å². The summed E-state index contributed by atoms with van der Waals surface area (Å²) in [6, 6.07) is 16.7. The molecular formula is C28H38HfSi2-2. The minimum Gasteiger partial charge on any atom is -0.269 e. The summed E-state index contributed by atoms with van der Waals surface area (Å²) >= 11 is 0. The molecule has 0 nitrogen and oxygen atoms in total. The fourth-order valence-corrected chi connectivity index (χ4v) is 5.29. The Morgan fingerprint density at radius 3 is 2.10 bits per heavy atom. The molecule has 0 atom stereocenters. The van der Waals surface area contributed by atoms with Crippen LogP contribution >= 0.6 is 0 Å². The standard InChI is InChI=1S/C17H19Si.C9H13.C2H6Si.Hf/c1-18(2,3)12-15-11-10-14-9-8-13-6-4-5-7-16(13)17(14)15;1-6-5-7(2)9(4)8(6)3;1-3-2;/h4-9H,10,12H2,1-3H3;5H,1-4H3;1-2H3;/q2*-1;;. The monoisotopic (exact) mass is 610 g/mol. The van der Waals surface area contributed by atoms with Gasteiger partial charge in [0.05, 0.1) is 0 Å². The molecule has 2 radical (unpaired) electrons. The Balaban J connectivity index is 0.000000313. The van der Waals surface area contributed by atoms with Crippen LogP contribution in [0.25, 0.3) is 16.3 Å². The van der Waals surface area contributed by atoms with E-state index in [9.17, 15) is 0 Å². The molecule has 3 aromatic rings. The summed E-state index contributed by atoms with van der Waals surface area (Å²) in [6.07, 6.45) is 4.62. The number of hydrogen-bond donors (Lipinski definition) is 0. The number of rotatable bonds is 2. The quantitative estimate of drug-likeness (QED) is 0.203. The first-order chi connectivity index (χ1) is 14.1. The summed E-state index contributed by atoms with van der Waals surface area (Å²) in [5.41, 5.74) is 10.2. The fourth-order valence-electron chi connectivity index (χ4n) is 3.92. The first kappa shape index (κ1) is 28.1. The molecule has 3 heteroatoms. The molecule has 4 rings (SSSR count). The molecule has 0 saturated carbocycles. The first-order valence-corrected chi connectivity index (χ1v) is 16.7. The molecule has 1 aliphatic carbocycles. The molecule has 0 fully saturated rings. The van der Waals surface area contributed by atoms with E-state index >= 15 is 0 Å². The predicted octanol–water partition coefficient (Wildman–Crippen LogP) is 8.34. The van der Waals surface area contributed by atoms with Gasteiger partial charge >= 0.3 is 0 Å². The van der Waals surface area contributed by atoms with E-state index < -0.39 is 8.07 Å². The van der Waals surface area contributed by atoms with Gasteiger partial charge in [-0.15, -0.1) is 12.0 Å². The van der Waals surface area contributed by atoms with Crippen LogP contribution in [0.15, 0.2) is 42.5 Å². The average molecular weight is 609 g/mol. The van der Waals surface area contributed by atoms with Gasteiger partial charge in [0.2, 0.25) is 0 Å². The molecule has 164 valence electrons. The van der Waals surface area contributed by atoms with Gasteiger partial charge in [-0.3, -0.25) is 6.08 Å². The van der Waals surface area contributed by atoms with Crippen LogP contribution in [0.2, 0.25) is 38.8 Å². The van der Waals surface area contributed by atoms with E-state index in [0.717, 1.165) is 15.9 Å². The van der Waals surface area contributed by atoms with Gasteiger partial charge in [-0.2, -0.15) is 33.9 Å². The minimum absolute atomic E-state index is 0. The Kier molecular flexibility index (Phi) is 11.2. The van der Waals surface area contributed by atoms with E-state index in [1.54, 1.807) is 0 Å². The van der Waals surface area contributed by atoms with Gasteiger partial charge in [-0.1, -0.05) is 108 Å². The van der Waals surface area contributed by atoms with Crippen molar-refractivity contribution >= 4 is 33.9 Å². The van der Waals surface area contributed by atoms with Crippen LogP contribution in [-0.2, 0) is 32.3 Å². The van der Waals surface area contributed by atoms with Crippen molar-refractivity contribution in [1.82, 2.24) is 0 Å². The molecule has 0 bridgehead atoms. The molecule has 0 aromatic heterocycles. The third kappa shape index (κ3) is 7.58. The van der Waals surface area contributed by atoms with Gasteiger partial charge in [0.15, 0.2) is 0 Å². The van der Waals surface area contributed by atoms with Crippen LogP contribution in [-0.4, -0.2) is 17.6 Å². The Labute approximate surface area is 213 Å². The van der Waals surface area contributed by atoms with Crippen molar-refractivity contribution in [3.05, 3.63) is 81.9 Å². The van der Waals surface area contributed by atoms with Crippen molar-refractivity contribution in [2.24, 2.45) is 0 Å². The maximum atomic E-state index is 3.62. The van der Waals surface area contributed by atoms with Crippen LogP contribution in [0.1, 0.15) is 33.4 Å². The van der Waals surface area contributed by atoms with Crippen molar-refractivity contribution in [2.45, 2.75) is 72.9 Å². The molecule has 0 amide bonds. The zero-order chi connectivity index (χ0) is 22.5. The van der Waals surface area contributed by atoms with Gasteiger partial charge in [-0.05, 0) is 5.39 Å². The molecular weight excluding hydrogens is 571 g/mol. The topological polar surface area (TPSA) is 0 Å². The summed E-state index contributed by atoms with van der Waals surface area (Å²) in [4.78, 5) is 0. The third-order valence-corrected chi connectivity index (χ3v) is 7.11.